The Morgan fingerprint density at radius 1 is 1.12 bits per heavy atom. The zero-order valence-corrected chi connectivity index (χ0v) is 24.2. The zero-order valence-electron chi connectivity index (χ0n) is 24.2. The third-order valence-electron chi connectivity index (χ3n) is 11.7. The van der Waals surface area contributed by atoms with Crippen LogP contribution in [0.3, 0.4) is 0 Å². The van der Waals surface area contributed by atoms with Gasteiger partial charge in [-0.25, -0.2) is 4.39 Å². The van der Waals surface area contributed by atoms with Gasteiger partial charge in [-0.05, 0) is 93.5 Å². The van der Waals surface area contributed by atoms with E-state index in [0.717, 1.165) is 62.4 Å². The average molecular weight is 571 g/mol. The fraction of sp³-hybridized carbons (Fsp3) is 0.606. The Hall–Kier alpha value is -3.20. The Morgan fingerprint density at radius 2 is 1.98 bits per heavy atom. The Bertz CT molecular complexity index is 1490. The number of hydrogen-bond donors (Lipinski definition) is 0. The van der Waals surface area contributed by atoms with Gasteiger partial charge >= 0.3 is 6.01 Å². The van der Waals surface area contributed by atoms with Crippen LogP contribution in [0, 0.1) is 5.92 Å². The van der Waals surface area contributed by atoms with E-state index in [4.69, 9.17) is 14.7 Å². The number of rotatable bonds is 6. The maximum absolute atomic E-state index is 13.7. The maximum Gasteiger partial charge on any atom is 0.318 e. The third-order valence-corrected chi connectivity index (χ3v) is 11.7. The number of ether oxygens (including phenoxy) is 1. The minimum atomic E-state index is -0.874. The van der Waals surface area contributed by atoms with Crippen molar-refractivity contribution < 1.29 is 13.9 Å². The molecule has 5 fully saturated rings. The van der Waals surface area contributed by atoms with Crippen molar-refractivity contribution in [2.45, 2.75) is 81.5 Å². The summed E-state index contributed by atoms with van der Waals surface area (Å²) in [5.74, 6) is 1.10. The van der Waals surface area contributed by atoms with Crippen LogP contribution in [-0.2, 0) is 24.2 Å². The van der Waals surface area contributed by atoms with Crippen molar-refractivity contribution >= 4 is 17.4 Å². The maximum atomic E-state index is 13.7. The molecule has 0 radical (unpaired) electrons. The molecule has 2 aromatic rings. The highest BCUT2D eigenvalue weighted by Crippen LogP contribution is 2.59. The fourth-order valence-corrected chi connectivity index (χ4v) is 9.42. The molecule has 1 saturated carbocycles. The molecule has 1 aromatic heterocycles. The van der Waals surface area contributed by atoms with Crippen molar-refractivity contribution in [3.63, 3.8) is 0 Å². The minimum absolute atomic E-state index is 0.00268. The van der Waals surface area contributed by atoms with E-state index < -0.39 is 11.7 Å². The van der Waals surface area contributed by atoms with Gasteiger partial charge in [0.25, 0.3) is 5.91 Å². The summed E-state index contributed by atoms with van der Waals surface area (Å²) >= 11 is 0. The molecule has 220 valence electrons. The van der Waals surface area contributed by atoms with Crippen LogP contribution < -0.4 is 14.5 Å². The molecule has 42 heavy (non-hydrogen) atoms. The predicted molar refractivity (Wildman–Crippen MR) is 158 cm³/mol. The van der Waals surface area contributed by atoms with Gasteiger partial charge in [0.15, 0.2) is 5.83 Å². The van der Waals surface area contributed by atoms with E-state index in [1.54, 1.807) is 10.5 Å². The fourth-order valence-electron chi connectivity index (χ4n) is 9.42. The zero-order chi connectivity index (χ0) is 28.2. The van der Waals surface area contributed by atoms with Gasteiger partial charge in [0.2, 0.25) is 0 Å². The number of nitrogens with zero attached hydrogens (tertiary/aromatic N) is 6. The summed E-state index contributed by atoms with van der Waals surface area (Å²) in [6, 6.07) is 7.47. The van der Waals surface area contributed by atoms with Crippen molar-refractivity contribution in [3.8, 4) is 6.01 Å². The molecule has 0 bridgehead atoms. The SMILES string of the molecule is C=C(F)C(=O)N1CC[C@@H]2[C@H]1CN2c1nc(OCC23CCCN2CCC3)nc2c1CCN(c1cccc3c1C1CC1C3)C2. The average Bonchev–Trinajstić information content (AvgIpc) is 3.27. The van der Waals surface area contributed by atoms with Crippen LogP contribution in [0.1, 0.15) is 66.8 Å². The van der Waals surface area contributed by atoms with E-state index in [9.17, 15) is 9.18 Å². The largest absolute Gasteiger partial charge is 0.461 e. The lowest BCUT2D eigenvalue weighted by atomic mass is 9.94. The Balaban J connectivity index is 1.03. The van der Waals surface area contributed by atoms with Gasteiger partial charge in [0.05, 0.1) is 29.9 Å². The van der Waals surface area contributed by atoms with Gasteiger partial charge in [-0.3, -0.25) is 9.69 Å². The molecule has 8 nitrogen and oxygen atoms in total. The van der Waals surface area contributed by atoms with E-state index in [-0.39, 0.29) is 17.6 Å². The minimum Gasteiger partial charge on any atom is -0.461 e. The van der Waals surface area contributed by atoms with Gasteiger partial charge in [0.1, 0.15) is 12.4 Å². The second-order valence-corrected chi connectivity index (χ2v) is 13.8. The molecule has 1 amide bonds. The monoisotopic (exact) mass is 570 g/mol. The summed E-state index contributed by atoms with van der Waals surface area (Å²) in [7, 11) is 0. The van der Waals surface area contributed by atoms with E-state index in [0.29, 0.717) is 25.7 Å². The molecule has 4 saturated heterocycles. The lowest BCUT2D eigenvalue weighted by Gasteiger charge is -2.48. The molecule has 7 aliphatic rings. The molecule has 2 aliphatic carbocycles. The first-order valence-electron chi connectivity index (χ1n) is 16.1. The number of likely N-dealkylation sites (tertiary alicyclic amines) is 1. The van der Waals surface area contributed by atoms with Crippen LogP contribution in [0.5, 0.6) is 6.01 Å². The first kappa shape index (κ1) is 25.3. The molecule has 0 N–H and O–H groups in total. The summed E-state index contributed by atoms with van der Waals surface area (Å²) in [5, 5.41) is 0. The Morgan fingerprint density at radius 3 is 2.81 bits per heavy atom. The van der Waals surface area contributed by atoms with E-state index in [1.807, 2.05) is 0 Å². The predicted octanol–water partition coefficient (Wildman–Crippen LogP) is 3.98. The molecule has 5 aliphatic heterocycles. The Labute approximate surface area is 246 Å². The van der Waals surface area contributed by atoms with E-state index in [2.05, 4.69) is 39.5 Å². The number of fused-ring (bicyclic) bond motifs is 6. The van der Waals surface area contributed by atoms with Gasteiger partial charge in [0, 0.05) is 30.9 Å². The molecular formula is C33H39FN6O2. The molecular weight excluding hydrogens is 531 g/mol. The van der Waals surface area contributed by atoms with Crippen LogP contribution in [0.15, 0.2) is 30.6 Å². The molecule has 1 aromatic carbocycles. The van der Waals surface area contributed by atoms with Crippen molar-refractivity contribution in [2.75, 3.05) is 49.1 Å². The van der Waals surface area contributed by atoms with Crippen molar-refractivity contribution in [1.82, 2.24) is 19.8 Å². The first-order chi connectivity index (χ1) is 20.5. The van der Waals surface area contributed by atoms with Crippen LogP contribution >= 0.6 is 0 Å². The topological polar surface area (TPSA) is 65.0 Å². The molecule has 9 rings (SSSR count). The van der Waals surface area contributed by atoms with Gasteiger partial charge in [-0.15, -0.1) is 0 Å². The third kappa shape index (κ3) is 3.71. The molecule has 2 unspecified atom stereocenters. The molecule has 0 spiro atoms. The van der Waals surface area contributed by atoms with Crippen molar-refractivity contribution in [2.24, 2.45) is 5.92 Å². The highest BCUT2D eigenvalue weighted by Gasteiger charge is 2.51. The van der Waals surface area contributed by atoms with Crippen LogP contribution in [-0.4, -0.2) is 82.6 Å². The van der Waals surface area contributed by atoms with E-state index >= 15 is 0 Å². The van der Waals surface area contributed by atoms with Crippen LogP contribution in [0.4, 0.5) is 15.9 Å². The van der Waals surface area contributed by atoms with Gasteiger partial charge < -0.3 is 19.4 Å². The lowest BCUT2D eigenvalue weighted by molar-refractivity contribution is -0.130. The standard InChI is InChI=1S/C33H39FN6O2/c1-20(34)31(41)39-14-8-26-28(39)18-40(26)30-23-7-13-37(27-6-2-5-21-15-22-16-24(22)29(21)27)17-25(23)35-32(36-30)42-19-33-9-3-11-38(33)12-4-10-33/h2,5-6,22,24,26,28H,1,3-4,7-19H2/t22?,24?,26-,28-/m1/s1. The van der Waals surface area contributed by atoms with Gasteiger partial charge in [-0.1, -0.05) is 18.7 Å². The van der Waals surface area contributed by atoms with Gasteiger partial charge in [-0.2, -0.15) is 9.97 Å². The molecule has 9 heteroatoms. The number of carbonyl (C=O) groups excluding carboxylic acids is 1. The van der Waals surface area contributed by atoms with Crippen LogP contribution in [0.2, 0.25) is 0 Å². The number of amides is 1. The highest BCUT2D eigenvalue weighted by atomic mass is 19.1. The molecule has 4 atom stereocenters. The second kappa shape index (κ2) is 9.15. The summed E-state index contributed by atoms with van der Waals surface area (Å²) in [4.78, 5) is 31.7. The second-order valence-electron chi connectivity index (χ2n) is 13.8. The summed E-state index contributed by atoms with van der Waals surface area (Å²) in [6.07, 6.45) is 9.07. The quantitative estimate of drug-likeness (QED) is 0.487. The number of anilines is 2. The number of carbonyl (C=O) groups is 1. The van der Waals surface area contributed by atoms with Crippen molar-refractivity contribution in [3.05, 3.63) is 53.0 Å². The number of aromatic nitrogens is 2. The number of hydrogen-bond acceptors (Lipinski definition) is 7. The number of benzene rings is 1. The first-order valence-corrected chi connectivity index (χ1v) is 16.1. The lowest BCUT2D eigenvalue weighted by Crippen LogP contribution is -2.63. The molecule has 6 heterocycles. The Kier molecular flexibility index (Phi) is 5.51. The summed E-state index contributed by atoms with van der Waals surface area (Å²) in [6.45, 7) is 9.10. The highest BCUT2D eigenvalue weighted by molar-refractivity contribution is 5.91. The van der Waals surface area contributed by atoms with Crippen molar-refractivity contribution in [1.29, 1.82) is 0 Å². The normalized spacial score (nSPS) is 29.9. The number of halogens is 1. The van der Waals surface area contributed by atoms with Crippen LogP contribution in [0.25, 0.3) is 0 Å². The smallest absolute Gasteiger partial charge is 0.318 e. The van der Waals surface area contributed by atoms with E-state index in [1.165, 1.54) is 55.3 Å². The summed E-state index contributed by atoms with van der Waals surface area (Å²) < 4.78 is 20.2. The summed E-state index contributed by atoms with van der Waals surface area (Å²) in [5.41, 5.74) is 6.89.